The van der Waals surface area contributed by atoms with Crippen molar-refractivity contribution in [2.24, 2.45) is 5.73 Å². The van der Waals surface area contributed by atoms with E-state index in [2.05, 4.69) is 0 Å². The van der Waals surface area contributed by atoms with Crippen LogP contribution in [0.3, 0.4) is 0 Å². The molecule has 0 heterocycles. The summed E-state index contributed by atoms with van der Waals surface area (Å²) in [7, 11) is 0. The fourth-order valence-corrected chi connectivity index (χ4v) is 2.31. The maximum atomic E-state index is 13.1. The number of halogens is 1. The fourth-order valence-electron chi connectivity index (χ4n) is 2.31. The highest BCUT2D eigenvalue weighted by Gasteiger charge is 2.50. The van der Waals surface area contributed by atoms with Crippen LogP contribution in [0.4, 0.5) is 4.39 Å². The molecule has 0 bridgehead atoms. The largest absolute Gasteiger partial charge is 0.481 e. The van der Waals surface area contributed by atoms with Gasteiger partial charge < -0.3 is 10.8 Å². The highest BCUT2D eigenvalue weighted by molar-refractivity contribution is 5.83. The molecule has 1 fully saturated rings. The molecular weight excluding hydrogens is 209 g/mol. The Morgan fingerprint density at radius 3 is 2.62 bits per heavy atom. The zero-order chi connectivity index (χ0) is 11.9. The first-order valence-corrected chi connectivity index (χ1v) is 5.21. The van der Waals surface area contributed by atoms with Crippen molar-refractivity contribution in [1.29, 1.82) is 0 Å². The van der Waals surface area contributed by atoms with E-state index in [1.807, 2.05) is 0 Å². The molecule has 3 nitrogen and oxygen atoms in total. The average Bonchev–Trinajstić information content (AvgIpc) is 2.17. The van der Waals surface area contributed by atoms with Crippen LogP contribution in [0.15, 0.2) is 18.2 Å². The molecule has 0 amide bonds. The third-order valence-corrected chi connectivity index (χ3v) is 3.34. The summed E-state index contributed by atoms with van der Waals surface area (Å²) in [5, 5.41) is 9.27. The molecule has 3 N–H and O–H groups in total. The van der Waals surface area contributed by atoms with Crippen LogP contribution >= 0.6 is 0 Å². The predicted molar refractivity (Wildman–Crippen MR) is 57.7 cm³/mol. The lowest BCUT2D eigenvalue weighted by atomic mass is 9.61. The second-order valence-electron chi connectivity index (χ2n) is 4.52. The van der Waals surface area contributed by atoms with Gasteiger partial charge in [0.25, 0.3) is 0 Å². The van der Waals surface area contributed by atoms with Crippen molar-refractivity contribution >= 4 is 5.97 Å². The summed E-state index contributed by atoms with van der Waals surface area (Å²) in [5.41, 5.74) is 5.88. The van der Waals surface area contributed by atoms with E-state index in [9.17, 15) is 14.3 Å². The Bertz CT molecular complexity index is 439. The summed E-state index contributed by atoms with van der Waals surface area (Å²) >= 11 is 0. The van der Waals surface area contributed by atoms with Gasteiger partial charge in [0.1, 0.15) is 5.82 Å². The molecule has 1 aromatic rings. The quantitative estimate of drug-likeness (QED) is 0.800. The first-order chi connectivity index (χ1) is 7.45. The van der Waals surface area contributed by atoms with E-state index in [0.717, 1.165) is 0 Å². The maximum Gasteiger partial charge on any atom is 0.314 e. The Morgan fingerprint density at radius 1 is 1.56 bits per heavy atom. The lowest BCUT2D eigenvalue weighted by Gasteiger charge is -2.43. The standard InChI is InChI=1S/C12H14FNO2/c1-7-4-8(2-3-10(7)13)12(11(15)16)5-9(14)6-12/h2-4,9H,5-6,14H2,1H3,(H,15,16). The Labute approximate surface area is 93.1 Å². The first-order valence-electron chi connectivity index (χ1n) is 5.21. The molecule has 2 rings (SSSR count). The van der Waals surface area contributed by atoms with E-state index in [1.165, 1.54) is 6.07 Å². The maximum absolute atomic E-state index is 13.1. The van der Waals surface area contributed by atoms with E-state index in [0.29, 0.717) is 24.0 Å². The van der Waals surface area contributed by atoms with Crippen LogP contribution in [-0.4, -0.2) is 17.1 Å². The van der Waals surface area contributed by atoms with Gasteiger partial charge in [-0.25, -0.2) is 4.39 Å². The van der Waals surface area contributed by atoms with Crippen LogP contribution in [-0.2, 0) is 10.2 Å². The molecule has 0 unspecified atom stereocenters. The van der Waals surface area contributed by atoms with Crippen LogP contribution in [0.1, 0.15) is 24.0 Å². The summed E-state index contributed by atoms with van der Waals surface area (Å²) in [6.45, 7) is 1.63. The summed E-state index contributed by atoms with van der Waals surface area (Å²) in [6, 6.07) is 4.40. The molecule has 86 valence electrons. The van der Waals surface area contributed by atoms with E-state index < -0.39 is 11.4 Å². The minimum atomic E-state index is -0.905. The zero-order valence-electron chi connectivity index (χ0n) is 9.03. The Hall–Kier alpha value is -1.42. The third kappa shape index (κ3) is 1.50. The summed E-state index contributed by atoms with van der Waals surface area (Å²) in [4.78, 5) is 11.3. The average molecular weight is 223 g/mol. The van der Waals surface area contributed by atoms with Crippen molar-refractivity contribution < 1.29 is 14.3 Å². The Morgan fingerprint density at radius 2 is 2.19 bits per heavy atom. The van der Waals surface area contributed by atoms with Crippen molar-refractivity contribution in [2.75, 3.05) is 0 Å². The van der Waals surface area contributed by atoms with Crippen molar-refractivity contribution in [2.45, 2.75) is 31.2 Å². The fraction of sp³-hybridized carbons (Fsp3) is 0.417. The highest BCUT2D eigenvalue weighted by atomic mass is 19.1. The van der Waals surface area contributed by atoms with E-state index >= 15 is 0 Å². The van der Waals surface area contributed by atoms with Gasteiger partial charge in [0.2, 0.25) is 0 Å². The predicted octanol–water partition coefficient (Wildman–Crippen LogP) is 1.58. The van der Waals surface area contributed by atoms with Gasteiger partial charge in [0, 0.05) is 6.04 Å². The second kappa shape index (κ2) is 3.56. The van der Waals surface area contributed by atoms with Crippen molar-refractivity contribution in [3.63, 3.8) is 0 Å². The van der Waals surface area contributed by atoms with Crippen molar-refractivity contribution in [3.8, 4) is 0 Å². The molecule has 1 aromatic carbocycles. The smallest absolute Gasteiger partial charge is 0.314 e. The lowest BCUT2D eigenvalue weighted by molar-refractivity contribution is -0.148. The van der Waals surface area contributed by atoms with E-state index in [4.69, 9.17) is 5.73 Å². The molecule has 0 radical (unpaired) electrons. The van der Waals surface area contributed by atoms with Gasteiger partial charge in [0.05, 0.1) is 5.41 Å². The number of carboxylic acids is 1. The summed E-state index contributed by atoms with van der Waals surface area (Å²) in [6.07, 6.45) is 0.848. The van der Waals surface area contributed by atoms with Crippen LogP contribution in [0.5, 0.6) is 0 Å². The topological polar surface area (TPSA) is 63.3 Å². The normalized spacial score (nSPS) is 28.6. The van der Waals surface area contributed by atoms with Crippen LogP contribution < -0.4 is 5.73 Å². The molecule has 1 aliphatic carbocycles. The van der Waals surface area contributed by atoms with Gasteiger partial charge in [-0.15, -0.1) is 0 Å². The van der Waals surface area contributed by atoms with Gasteiger partial charge in [-0.1, -0.05) is 12.1 Å². The number of nitrogens with two attached hydrogens (primary N) is 1. The molecule has 0 aliphatic heterocycles. The van der Waals surface area contributed by atoms with Gasteiger partial charge in [0.15, 0.2) is 0 Å². The second-order valence-corrected chi connectivity index (χ2v) is 4.52. The number of benzene rings is 1. The van der Waals surface area contributed by atoms with Gasteiger partial charge in [-0.05, 0) is 37.0 Å². The number of rotatable bonds is 2. The SMILES string of the molecule is Cc1cc(C2(C(=O)O)CC(N)C2)ccc1F. The molecule has 0 atom stereocenters. The summed E-state index contributed by atoms with van der Waals surface area (Å²) < 4.78 is 13.1. The number of carboxylic acid groups (broad SMARTS) is 1. The van der Waals surface area contributed by atoms with Crippen molar-refractivity contribution in [3.05, 3.63) is 35.1 Å². The molecular formula is C12H14FNO2. The molecule has 1 aliphatic rings. The number of hydrogen-bond acceptors (Lipinski definition) is 2. The first kappa shape index (κ1) is 11.1. The highest BCUT2D eigenvalue weighted by Crippen LogP contribution is 2.43. The monoisotopic (exact) mass is 223 g/mol. The molecule has 0 aromatic heterocycles. The van der Waals surface area contributed by atoms with E-state index in [-0.39, 0.29) is 11.9 Å². The summed E-state index contributed by atoms with van der Waals surface area (Å²) in [5.74, 6) is -1.19. The minimum Gasteiger partial charge on any atom is -0.481 e. The van der Waals surface area contributed by atoms with Crippen molar-refractivity contribution in [1.82, 2.24) is 0 Å². The number of hydrogen-bond donors (Lipinski definition) is 2. The number of carbonyl (C=O) groups is 1. The number of aryl methyl sites for hydroxylation is 1. The van der Waals surface area contributed by atoms with Gasteiger partial charge in [-0.3, -0.25) is 4.79 Å². The van der Waals surface area contributed by atoms with Crippen LogP contribution in [0.25, 0.3) is 0 Å². The number of aliphatic carboxylic acids is 1. The molecule has 0 saturated heterocycles. The third-order valence-electron chi connectivity index (χ3n) is 3.34. The van der Waals surface area contributed by atoms with E-state index in [1.54, 1.807) is 19.1 Å². The molecule has 1 saturated carbocycles. The molecule has 0 spiro atoms. The van der Waals surface area contributed by atoms with Crippen LogP contribution in [0, 0.1) is 12.7 Å². The van der Waals surface area contributed by atoms with Crippen LogP contribution in [0.2, 0.25) is 0 Å². The van der Waals surface area contributed by atoms with Gasteiger partial charge in [-0.2, -0.15) is 0 Å². The molecule has 16 heavy (non-hydrogen) atoms. The Balaban J connectivity index is 2.41. The minimum absolute atomic E-state index is 0.0681. The zero-order valence-corrected chi connectivity index (χ0v) is 9.03. The molecule has 4 heteroatoms. The lowest BCUT2D eigenvalue weighted by Crippen LogP contribution is -2.54. The van der Waals surface area contributed by atoms with Gasteiger partial charge >= 0.3 is 5.97 Å². The Kier molecular flexibility index (Phi) is 2.46.